The highest BCUT2D eigenvalue weighted by Gasteiger charge is 2.22. The summed E-state index contributed by atoms with van der Waals surface area (Å²) in [5, 5.41) is 3.01. The van der Waals surface area contributed by atoms with Crippen LogP contribution in [-0.4, -0.2) is 19.9 Å². The Morgan fingerprint density at radius 3 is 2.55 bits per heavy atom. The van der Waals surface area contributed by atoms with E-state index >= 15 is 0 Å². The maximum atomic E-state index is 4.68. The van der Waals surface area contributed by atoms with Gasteiger partial charge in [-0.1, -0.05) is 0 Å². The number of rotatable bonds is 2. The first-order valence-electron chi connectivity index (χ1n) is 7.39. The molecule has 3 aromatic rings. The summed E-state index contributed by atoms with van der Waals surface area (Å²) in [6.45, 7) is 5.96. The van der Waals surface area contributed by atoms with Crippen LogP contribution in [0.3, 0.4) is 0 Å². The number of aromatic nitrogens is 4. The highest BCUT2D eigenvalue weighted by Crippen LogP contribution is 2.41. The smallest absolute Gasteiger partial charge is 0.194 e. The molecule has 0 bridgehead atoms. The fourth-order valence-corrected chi connectivity index (χ4v) is 5.39. The van der Waals surface area contributed by atoms with Crippen LogP contribution in [-0.2, 0) is 12.8 Å². The Hall–Kier alpha value is -1.53. The van der Waals surface area contributed by atoms with Crippen molar-refractivity contribution in [3.05, 3.63) is 33.7 Å². The SMILES string of the molecule is Cc1cc(C)nc(Sc2nc(C)nc3sc4c(c23)CCC4)n1. The zero-order valence-corrected chi connectivity index (χ0v) is 14.4. The molecule has 6 heteroatoms. The van der Waals surface area contributed by atoms with Crippen molar-refractivity contribution in [1.29, 1.82) is 0 Å². The highest BCUT2D eigenvalue weighted by atomic mass is 32.2. The van der Waals surface area contributed by atoms with Gasteiger partial charge < -0.3 is 0 Å². The third-order valence-electron chi connectivity index (χ3n) is 3.79. The van der Waals surface area contributed by atoms with E-state index in [1.807, 2.05) is 38.2 Å². The summed E-state index contributed by atoms with van der Waals surface area (Å²) in [7, 11) is 0. The molecule has 1 aliphatic rings. The van der Waals surface area contributed by atoms with Gasteiger partial charge >= 0.3 is 0 Å². The number of hydrogen-bond acceptors (Lipinski definition) is 6. The van der Waals surface area contributed by atoms with Crippen molar-refractivity contribution in [1.82, 2.24) is 19.9 Å². The molecular formula is C16H16N4S2. The lowest BCUT2D eigenvalue weighted by Crippen LogP contribution is -1.96. The van der Waals surface area contributed by atoms with Gasteiger partial charge in [0, 0.05) is 21.7 Å². The number of fused-ring (bicyclic) bond motifs is 3. The molecule has 1 aliphatic carbocycles. The van der Waals surface area contributed by atoms with Crippen LogP contribution in [0.5, 0.6) is 0 Å². The first-order valence-corrected chi connectivity index (χ1v) is 9.02. The first-order chi connectivity index (χ1) is 10.6. The Morgan fingerprint density at radius 1 is 1.00 bits per heavy atom. The quantitative estimate of drug-likeness (QED) is 0.525. The Labute approximate surface area is 137 Å². The van der Waals surface area contributed by atoms with Crippen molar-refractivity contribution in [2.45, 2.75) is 50.2 Å². The van der Waals surface area contributed by atoms with Crippen molar-refractivity contribution in [2.75, 3.05) is 0 Å². The molecule has 0 amide bonds. The van der Waals surface area contributed by atoms with E-state index in [9.17, 15) is 0 Å². The summed E-state index contributed by atoms with van der Waals surface area (Å²) >= 11 is 3.39. The Bertz CT molecular complexity index is 865. The molecule has 0 atom stereocenters. The second kappa shape index (κ2) is 5.28. The summed E-state index contributed by atoms with van der Waals surface area (Å²) in [4.78, 5) is 21.0. The van der Waals surface area contributed by atoms with Crippen LogP contribution >= 0.6 is 23.1 Å². The van der Waals surface area contributed by atoms with Crippen LogP contribution in [0.1, 0.15) is 34.1 Å². The van der Waals surface area contributed by atoms with Gasteiger partial charge in [-0.15, -0.1) is 11.3 Å². The zero-order chi connectivity index (χ0) is 15.3. The molecule has 0 saturated carbocycles. The fourth-order valence-electron chi connectivity index (χ4n) is 2.96. The summed E-state index contributed by atoms with van der Waals surface area (Å²) < 4.78 is 0. The number of aryl methyl sites for hydroxylation is 5. The Morgan fingerprint density at radius 2 is 1.77 bits per heavy atom. The van der Waals surface area contributed by atoms with Gasteiger partial charge in [-0.25, -0.2) is 19.9 Å². The summed E-state index contributed by atoms with van der Waals surface area (Å²) in [5.41, 5.74) is 3.44. The van der Waals surface area contributed by atoms with Gasteiger partial charge in [0.25, 0.3) is 0 Å². The van der Waals surface area contributed by atoms with E-state index in [4.69, 9.17) is 0 Å². The monoisotopic (exact) mass is 328 g/mol. The largest absolute Gasteiger partial charge is 0.228 e. The van der Waals surface area contributed by atoms with Gasteiger partial charge in [-0.2, -0.15) is 0 Å². The lowest BCUT2D eigenvalue weighted by Gasteiger charge is -2.06. The topological polar surface area (TPSA) is 51.6 Å². The van der Waals surface area contributed by atoms with Gasteiger partial charge in [0.1, 0.15) is 15.7 Å². The van der Waals surface area contributed by atoms with Gasteiger partial charge in [-0.3, -0.25) is 0 Å². The number of thiophene rings is 1. The molecular weight excluding hydrogens is 312 g/mol. The van der Waals surface area contributed by atoms with E-state index in [1.165, 1.54) is 28.7 Å². The van der Waals surface area contributed by atoms with E-state index in [1.54, 1.807) is 11.8 Å². The van der Waals surface area contributed by atoms with Gasteiger partial charge in [0.15, 0.2) is 5.16 Å². The predicted molar refractivity (Wildman–Crippen MR) is 89.8 cm³/mol. The maximum absolute atomic E-state index is 4.68. The van der Waals surface area contributed by atoms with Crippen LogP contribution in [0.25, 0.3) is 10.2 Å². The molecule has 0 spiro atoms. The van der Waals surface area contributed by atoms with E-state index in [2.05, 4.69) is 19.9 Å². The van der Waals surface area contributed by atoms with Crippen molar-refractivity contribution >= 4 is 33.3 Å². The van der Waals surface area contributed by atoms with E-state index in [0.717, 1.165) is 38.6 Å². The summed E-state index contributed by atoms with van der Waals surface area (Å²) in [6, 6.07) is 1.99. The van der Waals surface area contributed by atoms with Crippen molar-refractivity contribution in [3.63, 3.8) is 0 Å². The number of nitrogens with zero attached hydrogens (tertiary/aromatic N) is 4. The summed E-state index contributed by atoms with van der Waals surface area (Å²) in [5.74, 6) is 0.819. The molecule has 0 unspecified atom stereocenters. The standard InChI is InChI=1S/C16H16N4S2/c1-8-7-9(2)18-16(17-8)22-15-13-11-5-4-6-12(11)21-14(13)19-10(3)20-15/h7H,4-6H2,1-3H3. The number of hydrogen-bond donors (Lipinski definition) is 0. The van der Waals surface area contributed by atoms with E-state index in [-0.39, 0.29) is 0 Å². The minimum atomic E-state index is 0.773. The predicted octanol–water partition coefficient (Wildman–Crippen LogP) is 4.05. The Balaban J connectivity index is 1.87. The molecule has 0 aromatic carbocycles. The molecule has 112 valence electrons. The van der Waals surface area contributed by atoms with Crippen LogP contribution in [0, 0.1) is 20.8 Å². The van der Waals surface area contributed by atoms with E-state index < -0.39 is 0 Å². The molecule has 0 radical (unpaired) electrons. The van der Waals surface area contributed by atoms with Crippen molar-refractivity contribution < 1.29 is 0 Å². The third kappa shape index (κ3) is 2.40. The molecule has 22 heavy (non-hydrogen) atoms. The minimum absolute atomic E-state index is 0.773. The van der Waals surface area contributed by atoms with Gasteiger partial charge in [0.2, 0.25) is 0 Å². The normalized spacial score (nSPS) is 13.8. The van der Waals surface area contributed by atoms with Crippen molar-refractivity contribution in [3.8, 4) is 0 Å². The third-order valence-corrected chi connectivity index (χ3v) is 5.83. The highest BCUT2D eigenvalue weighted by molar-refractivity contribution is 7.99. The molecule has 0 fully saturated rings. The van der Waals surface area contributed by atoms with Crippen molar-refractivity contribution in [2.24, 2.45) is 0 Å². The van der Waals surface area contributed by atoms with Crippen LogP contribution in [0.4, 0.5) is 0 Å². The fraction of sp³-hybridized carbons (Fsp3) is 0.375. The molecule has 3 aromatic heterocycles. The second-order valence-electron chi connectivity index (χ2n) is 5.65. The second-order valence-corrected chi connectivity index (χ2v) is 7.69. The molecule has 4 nitrogen and oxygen atoms in total. The lowest BCUT2D eigenvalue weighted by atomic mass is 10.2. The molecule has 4 rings (SSSR count). The average Bonchev–Trinajstić information content (AvgIpc) is 2.96. The van der Waals surface area contributed by atoms with Gasteiger partial charge in [-0.05, 0) is 63.4 Å². The van der Waals surface area contributed by atoms with Crippen LogP contribution < -0.4 is 0 Å². The van der Waals surface area contributed by atoms with E-state index in [0.29, 0.717) is 0 Å². The summed E-state index contributed by atoms with van der Waals surface area (Å²) in [6.07, 6.45) is 3.57. The maximum Gasteiger partial charge on any atom is 0.194 e. The van der Waals surface area contributed by atoms with Gasteiger partial charge in [0.05, 0.1) is 0 Å². The van der Waals surface area contributed by atoms with Crippen LogP contribution in [0.15, 0.2) is 16.2 Å². The Kier molecular flexibility index (Phi) is 3.38. The molecule has 3 heterocycles. The first kappa shape index (κ1) is 14.1. The van der Waals surface area contributed by atoms with Crippen LogP contribution in [0.2, 0.25) is 0 Å². The molecule has 0 aliphatic heterocycles. The average molecular weight is 328 g/mol. The minimum Gasteiger partial charge on any atom is -0.228 e. The molecule has 0 saturated heterocycles. The lowest BCUT2D eigenvalue weighted by molar-refractivity contribution is 0.895. The molecule has 0 N–H and O–H groups in total. The zero-order valence-electron chi connectivity index (χ0n) is 12.8.